The maximum atomic E-state index is 13.8. The Hall–Kier alpha value is -3.63. The van der Waals surface area contributed by atoms with Crippen molar-refractivity contribution in [3.8, 4) is 11.5 Å². The number of primary amides is 1. The Morgan fingerprint density at radius 2 is 1.94 bits per heavy atom. The Labute approximate surface area is 204 Å². The van der Waals surface area contributed by atoms with Gasteiger partial charge in [-0.2, -0.15) is 0 Å². The average Bonchev–Trinajstić information content (AvgIpc) is 3.51. The lowest BCUT2D eigenvalue weighted by Gasteiger charge is -2.29. The van der Waals surface area contributed by atoms with E-state index >= 15 is 0 Å². The maximum absolute atomic E-state index is 13.8. The molecule has 10 nitrogen and oxygen atoms in total. The van der Waals surface area contributed by atoms with Gasteiger partial charge < -0.3 is 20.5 Å². The number of ether oxygens (including phenoxy) is 2. The minimum atomic E-state index is -1.55. The molecule has 2 saturated heterocycles. The van der Waals surface area contributed by atoms with Gasteiger partial charge in [0.1, 0.15) is 5.54 Å². The summed E-state index contributed by atoms with van der Waals surface area (Å²) in [6.45, 7) is 1.91. The molecule has 0 aliphatic carbocycles. The van der Waals surface area contributed by atoms with Crippen molar-refractivity contribution >= 4 is 40.9 Å². The topological polar surface area (TPSA) is 140 Å². The van der Waals surface area contributed by atoms with E-state index in [1.165, 1.54) is 0 Å². The standard InChI is InChI=1S/C24H21ClN4O6/c1-10-4-12-20(13(25)5-10)27-23(33)24(12)19-18(14(28-24)7-17(26)30)21(31)29(22(19)32)8-11-2-3-15-16(6-11)35-9-34-15/h2-6,14,18-19,28H,7-9H2,1H3,(H2,26,30)(H,27,33)/t14-,18+,19-,24+/m0/s1. The van der Waals surface area contributed by atoms with Gasteiger partial charge in [-0.1, -0.05) is 23.7 Å². The second-order valence-electron chi connectivity index (χ2n) is 9.31. The molecule has 0 radical (unpaired) electrons. The predicted molar refractivity (Wildman–Crippen MR) is 122 cm³/mol. The number of amides is 4. The van der Waals surface area contributed by atoms with Gasteiger partial charge in [0.25, 0.3) is 0 Å². The molecule has 4 amide bonds. The number of carbonyl (C=O) groups is 4. The summed E-state index contributed by atoms with van der Waals surface area (Å²) in [6.07, 6.45) is -0.206. The summed E-state index contributed by atoms with van der Waals surface area (Å²) in [4.78, 5) is 54.0. The van der Waals surface area contributed by atoms with Crippen LogP contribution in [0.15, 0.2) is 30.3 Å². The molecule has 180 valence electrons. The fraction of sp³-hybridized carbons (Fsp3) is 0.333. The summed E-state index contributed by atoms with van der Waals surface area (Å²) < 4.78 is 10.7. The minimum Gasteiger partial charge on any atom is -0.454 e. The lowest BCUT2D eigenvalue weighted by atomic mass is 9.76. The highest BCUT2D eigenvalue weighted by Crippen LogP contribution is 2.55. The molecule has 0 unspecified atom stereocenters. The van der Waals surface area contributed by atoms with Gasteiger partial charge in [0.05, 0.1) is 29.1 Å². The highest BCUT2D eigenvalue weighted by atomic mass is 35.5. The van der Waals surface area contributed by atoms with E-state index in [9.17, 15) is 19.2 Å². The van der Waals surface area contributed by atoms with Gasteiger partial charge in [-0.25, -0.2) is 0 Å². The van der Waals surface area contributed by atoms with E-state index in [1.807, 2.05) is 6.92 Å². The first kappa shape index (κ1) is 21.9. The van der Waals surface area contributed by atoms with E-state index in [1.54, 1.807) is 30.3 Å². The number of nitrogens with two attached hydrogens (primary N) is 1. The van der Waals surface area contributed by atoms with Gasteiger partial charge in [-0.15, -0.1) is 0 Å². The van der Waals surface area contributed by atoms with Gasteiger partial charge in [-0.05, 0) is 36.2 Å². The molecule has 4 aliphatic rings. The fourth-order valence-electron chi connectivity index (χ4n) is 5.82. The SMILES string of the molecule is Cc1cc(Cl)c2c(c1)[C@]1(N[C@@H](CC(N)=O)[C@H]3C(=O)N(Cc4ccc5c(c4)OCO5)C(=O)[C@H]31)C(=O)N2. The van der Waals surface area contributed by atoms with E-state index in [0.29, 0.717) is 33.3 Å². The monoisotopic (exact) mass is 496 g/mol. The van der Waals surface area contributed by atoms with Crippen LogP contribution in [-0.4, -0.2) is 41.4 Å². The second-order valence-corrected chi connectivity index (χ2v) is 9.71. The Morgan fingerprint density at radius 1 is 1.17 bits per heavy atom. The van der Waals surface area contributed by atoms with Crippen LogP contribution in [0.1, 0.15) is 23.1 Å². The number of likely N-dealkylation sites (tertiary alicyclic amines) is 1. The zero-order valence-corrected chi connectivity index (χ0v) is 19.3. The van der Waals surface area contributed by atoms with Crippen LogP contribution in [0.5, 0.6) is 11.5 Å². The van der Waals surface area contributed by atoms with Crippen molar-refractivity contribution in [1.82, 2.24) is 10.2 Å². The predicted octanol–water partition coefficient (Wildman–Crippen LogP) is 1.17. The number of imide groups is 1. The number of carbonyl (C=O) groups excluding carboxylic acids is 4. The first-order chi connectivity index (χ1) is 16.7. The van der Waals surface area contributed by atoms with E-state index in [4.69, 9.17) is 26.8 Å². The smallest absolute Gasteiger partial charge is 0.250 e. The molecule has 4 atom stereocenters. The van der Waals surface area contributed by atoms with Gasteiger partial charge in [0, 0.05) is 18.0 Å². The molecule has 35 heavy (non-hydrogen) atoms. The number of rotatable bonds is 4. The van der Waals surface area contributed by atoms with Crippen LogP contribution in [0.4, 0.5) is 5.69 Å². The third-order valence-electron chi connectivity index (χ3n) is 7.21. The molecule has 0 aromatic heterocycles. The lowest BCUT2D eigenvalue weighted by molar-refractivity contribution is -0.143. The molecule has 4 heterocycles. The molecule has 0 bridgehead atoms. The lowest BCUT2D eigenvalue weighted by Crippen LogP contribution is -2.53. The molecule has 11 heteroatoms. The number of hydrogen-bond acceptors (Lipinski definition) is 7. The summed E-state index contributed by atoms with van der Waals surface area (Å²) >= 11 is 6.41. The third kappa shape index (κ3) is 2.99. The Balaban J connectivity index is 1.44. The van der Waals surface area contributed by atoms with E-state index < -0.39 is 47.0 Å². The molecule has 6 rings (SSSR count). The Morgan fingerprint density at radius 3 is 2.71 bits per heavy atom. The van der Waals surface area contributed by atoms with Crippen molar-refractivity contribution in [3.05, 3.63) is 52.0 Å². The van der Waals surface area contributed by atoms with Gasteiger partial charge in [0.2, 0.25) is 30.4 Å². The van der Waals surface area contributed by atoms with Crippen LogP contribution in [0, 0.1) is 18.8 Å². The average molecular weight is 497 g/mol. The van der Waals surface area contributed by atoms with Crippen molar-refractivity contribution < 1.29 is 28.7 Å². The first-order valence-corrected chi connectivity index (χ1v) is 11.5. The van der Waals surface area contributed by atoms with Crippen LogP contribution >= 0.6 is 11.6 Å². The maximum Gasteiger partial charge on any atom is 0.250 e. The van der Waals surface area contributed by atoms with Crippen LogP contribution in [0.3, 0.4) is 0 Å². The normalized spacial score (nSPS) is 28.0. The van der Waals surface area contributed by atoms with Crippen molar-refractivity contribution in [2.75, 3.05) is 12.1 Å². The molecule has 1 spiro atoms. The quantitative estimate of drug-likeness (QED) is 0.540. The molecule has 4 aliphatic heterocycles. The number of nitrogens with zero attached hydrogens (tertiary/aromatic N) is 1. The van der Waals surface area contributed by atoms with Crippen LogP contribution in [-0.2, 0) is 31.3 Å². The molecule has 2 aromatic rings. The number of fused-ring (bicyclic) bond motifs is 5. The third-order valence-corrected chi connectivity index (χ3v) is 7.51. The zero-order chi connectivity index (χ0) is 24.6. The van der Waals surface area contributed by atoms with Gasteiger partial charge in [-0.3, -0.25) is 29.4 Å². The summed E-state index contributed by atoms with van der Waals surface area (Å²) in [6, 6.07) is 7.86. The number of anilines is 1. The minimum absolute atomic E-state index is 0.0102. The van der Waals surface area contributed by atoms with Crippen LogP contribution in [0.2, 0.25) is 5.02 Å². The van der Waals surface area contributed by atoms with Crippen LogP contribution < -0.4 is 25.8 Å². The number of benzene rings is 2. The van der Waals surface area contributed by atoms with Gasteiger partial charge >= 0.3 is 0 Å². The van der Waals surface area contributed by atoms with Crippen molar-refractivity contribution in [2.45, 2.75) is 31.5 Å². The molecular weight excluding hydrogens is 476 g/mol. The molecule has 2 aromatic carbocycles. The van der Waals surface area contributed by atoms with Crippen LogP contribution in [0.25, 0.3) is 0 Å². The number of nitrogens with one attached hydrogen (secondary N) is 2. The van der Waals surface area contributed by atoms with Crippen molar-refractivity contribution in [2.24, 2.45) is 17.6 Å². The molecular formula is C24H21ClN4O6. The van der Waals surface area contributed by atoms with Crippen molar-refractivity contribution in [3.63, 3.8) is 0 Å². The number of halogens is 1. The van der Waals surface area contributed by atoms with E-state index in [0.717, 1.165) is 10.5 Å². The molecule has 0 saturated carbocycles. The van der Waals surface area contributed by atoms with E-state index in [2.05, 4.69) is 10.6 Å². The van der Waals surface area contributed by atoms with Crippen molar-refractivity contribution in [1.29, 1.82) is 0 Å². The molecule has 2 fully saturated rings. The Bertz CT molecular complexity index is 1350. The second kappa shape index (κ2) is 7.43. The highest BCUT2D eigenvalue weighted by molar-refractivity contribution is 6.35. The number of hydrogen-bond donors (Lipinski definition) is 3. The zero-order valence-electron chi connectivity index (χ0n) is 18.6. The Kier molecular flexibility index (Phi) is 4.64. The first-order valence-electron chi connectivity index (χ1n) is 11.1. The number of aryl methyl sites for hydroxylation is 1. The summed E-state index contributed by atoms with van der Waals surface area (Å²) in [5, 5.41) is 6.27. The fourth-order valence-corrected chi connectivity index (χ4v) is 6.14. The summed E-state index contributed by atoms with van der Waals surface area (Å²) in [7, 11) is 0. The molecule has 4 N–H and O–H groups in total. The summed E-state index contributed by atoms with van der Waals surface area (Å²) in [5.74, 6) is -3.00. The van der Waals surface area contributed by atoms with E-state index in [-0.39, 0.29) is 19.8 Å². The summed E-state index contributed by atoms with van der Waals surface area (Å²) in [5.41, 5.74) is 6.26. The highest BCUT2D eigenvalue weighted by Gasteiger charge is 2.70. The van der Waals surface area contributed by atoms with Gasteiger partial charge in [0.15, 0.2) is 11.5 Å². The largest absolute Gasteiger partial charge is 0.454 e.